The van der Waals surface area contributed by atoms with Gasteiger partial charge in [-0.3, -0.25) is 33.5 Å². The van der Waals surface area contributed by atoms with E-state index in [4.69, 9.17) is 10.1 Å². The van der Waals surface area contributed by atoms with Gasteiger partial charge in [-0.1, -0.05) is 0 Å². The van der Waals surface area contributed by atoms with Crippen molar-refractivity contribution in [3.05, 3.63) is 106 Å². The topological polar surface area (TPSA) is 262 Å². The number of aromatic nitrogens is 12. The highest BCUT2D eigenvalue weighted by atomic mass is 32.2. The molecule has 2 amide bonds. The Morgan fingerprint density at radius 3 is 1.92 bits per heavy atom. The SMILES string of the molecule is Cc1cc(O)cc2c1CN(c1cc(-c3c(-c4nncn4C)cnn3C)cc(NCCc3nn(C)c(-c4cc(NS(C)(=O)=O)nc(N5Cc6c(cc(O)cc6C(F)(F)F)C5=O)c4)c3-c3nncn3C)n1)C2=O. The van der Waals surface area contributed by atoms with E-state index in [0.29, 0.717) is 68.7 Å². The maximum Gasteiger partial charge on any atom is 0.416 e. The third-order valence-corrected chi connectivity index (χ3v) is 12.8. The van der Waals surface area contributed by atoms with Crippen molar-refractivity contribution in [1.29, 1.82) is 0 Å². The van der Waals surface area contributed by atoms with Crippen molar-refractivity contribution in [1.82, 2.24) is 59.1 Å². The lowest BCUT2D eigenvalue weighted by Crippen LogP contribution is -2.25. The molecule has 0 radical (unpaired) electrons. The van der Waals surface area contributed by atoms with Crippen molar-refractivity contribution in [2.24, 2.45) is 28.2 Å². The van der Waals surface area contributed by atoms with Gasteiger partial charge in [0.25, 0.3) is 11.8 Å². The van der Waals surface area contributed by atoms with Gasteiger partial charge in [0.2, 0.25) is 10.0 Å². The molecule has 0 aliphatic carbocycles. The fourth-order valence-electron chi connectivity index (χ4n) is 9.11. The number of pyridine rings is 2. The van der Waals surface area contributed by atoms with E-state index in [1.54, 1.807) is 59.6 Å². The molecule has 0 atom stereocenters. The number of rotatable bonds is 12. The Balaban J connectivity index is 1.04. The number of nitrogens with zero attached hydrogens (tertiary/aromatic N) is 14. The first-order chi connectivity index (χ1) is 33.6. The van der Waals surface area contributed by atoms with E-state index in [1.807, 2.05) is 20.0 Å². The summed E-state index contributed by atoms with van der Waals surface area (Å²) < 4.78 is 76.8. The average Bonchev–Trinajstić information content (AvgIpc) is 4.16. The van der Waals surface area contributed by atoms with Crippen LogP contribution in [0.25, 0.3) is 45.3 Å². The van der Waals surface area contributed by atoms with Crippen LogP contribution in [0.5, 0.6) is 11.5 Å². The largest absolute Gasteiger partial charge is 0.508 e. The fourth-order valence-corrected chi connectivity index (χ4v) is 9.60. The smallest absolute Gasteiger partial charge is 0.416 e. The monoisotopic (exact) mass is 990 g/mol. The first kappa shape index (κ1) is 46.1. The van der Waals surface area contributed by atoms with Crippen LogP contribution in [-0.2, 0) is 63.9 Å². The van der Waals surface area contributed by atoms with Gasteiger partial charge in [-0.15, -0.1) is 20.4 Å². The number of hydrogen-bond acceptors (Lipinski definition) is 15. The molecule has 0 bridgehead atoms. The number of sulfonamides is 1. The summed E-state index contributed by atoms with van der Waals surface area (Å²) in [5.41, 5.74) is 3.39. The molecule has 6 aromatic heterocycles. The summed E-state index contributed by atoms with van der Waals surface area (Å²) in [5, 5.41) is 50.2. The molecule has 0 fully saturated rings. The Labute approximate surface area is 401 Å². The molecule has 8 aromatic rings. The highest BCUT2D eigenvalue weighted by Gasteiger charge is 2.41. The van der Waals surface area contributed by atoms with Gasteiger partial charge in [-0.2, -0.15) is 23.4 Å². The first-order valence-corrected chi connectivity index (χ1v) is 23.4. The minimum Gasteiger partial charge on any atom is -0.508 e. The van der Waals surface area contributed by atoms with Gasteiger partial charge in [0.15, 0.2) is 11.6 Å². The third kappa shape index (κ3) is 8.29. The van der Waals surface area contributed by atoms with E-state index in [2.05, 4.69) is 40.5 Å². The number of benzene rings is 2. The Morgan fingerprint density at radius 2 is 1.30 bits per heavy atom. The van der Waals surface area contributed by atoms with Crippen LogP contribution in [-0.4, -0.2) is 102 Å². The average molecular weight is 991 g/mol. The van der Waals surface area contributed by atoms with Gasteiger partial charge in [-0.25, -0.2) is 18.4 Å². The second-order valence-corrected chi connectivity index (χ2v) is 18.9. The summed E-state index contributed by atoms with van der Waals surface area (Å²) in [6.45, 7) is 1.63. The van der Waals surface area contributed by atoms with Crippen LogP contribution in [0.1, 0.15) is 48.7 Å². The van der Waals surface area contributed by atoms with E-state index >= 15 is 0 Å². The Bertz CT molecular complexity index is 3640. The number of carbonyl (C=O) groups excluding carboxylic acids is 2. The number of aryl methyl sites for hydroxylation is 5. The lowest BCUT2D eigenvalue weighted by atomic mass is 10.0. The number of hydrogen-bond donors (Lipinski definition) is 4. The Morgan fingerprint density at radius 1 is 0.718 bits per heavy atom. The summed E-state index contributed by atoms with van der Waals surface area (Å²) >= 11 is 0. The number of aromatic hydroxyl groups is 2. The van der Waals surface area contributed by atoms with Crippen molar-refractivity contribution in [2.45, 2.75) is 32.6 Å². The standard InChI is InChI=1S/C45H41F3N16O6S/c1-22-9-25(65)14-27-30(22)18-63(43(27)67)36-12-23(39-29(17-52-61(39)4)41-55-50-20-59(41)2)10-34(53-36)49-8-7-33-38(42-56-51-21-60(42)3)40(62(5)57-33)24-11-35(58-71(6,69)70)54-37(13-24)64-19-31-28(44(64)68)15-26(66)16-32(31)45(46,47)48/h9-17,20-21,65-66H,7-8,18-19H2,1-6H3,(H,49,53)(H,54,58). The number of fused-ring (bicyclic) bond motifs is 2. The van der Waals surface area contributed by atoms with Crippen LogP contribution in [0.15, 0.2) is 67.4 Å². The number of carbonyl (C=O) groups is 2. The van der Waals surface area contributed by atoms with Crippen LogP contribution in [0, 0.1) is 6.92 Å². The van der Waals surface area contributed by atoms with Crippen LogP contribution < -0.4 is 19.8 Å². The first-order valence-electron chi connectivity index (χ1n) is 21.6. The van der Waals surface area contributed by atoms with Gasteiger partial charge in [0.1, 0.15) is 47.4 Å². The normalized spacial score (nSPS) is 13.6. The zero-order valence-electron chi connectivity index (χ0n) is 38.5. The third-order valence-electron chi connectivity index (χ3n) is 12.2. The summed E-state index contributed by atoms with van der Waals surface area (Å²) in [4.78, 5) is 39.6. The molecule has 0 saturated carbocycles. The van der Waals surface area contributed by atoms with Crippen molar-refractivity contribution in [3.8, 4) is 56.8 Å². The number of phenolic OH excluding ortho intramolecular Hbond substituents is 2. The van der Waals surface area contributed by atoms with Crippen molar-refractivity contribution < 1.29 is 41.4 Å². The van der Waals surface area contributed by atoms with E-state index < -0.39 is 40.0 Å². The van der Waals surface area contributed by atoms with E-state index in [9.17, 15) is 41.4 Å². The number of anilines is 4. The maximum atomic E-state index is 14.2. The van der Waals surface area contributed by atoms with Crippen LogP contribution in [0.2, 0.25) is 0 Å². The number of phenols is 2. The predicted octanol–water partition coefficient (Wildman–Crippen LogP) is 4.95. The van der Waals surface area contributed by atoms with E-state index in [1.165, 1.54) is 34.1 Å². The minimum atomic E-state index is -4.91. The lowest BCUT2D eigenvalue weighted by molar-refractivity contribution is -0.138. The summed E-state index contributed by atoms with van der Waals surface area (Å²) in [7, 11) is 2.95. The number of alkyl halides is 3. The van der Waals surface area contributed by atoms with Gasteiger partial charge in [0, 0.05) is 63.4 Å². The van der Waals surface area contributed by atoms with Gasteiger partial charge >= 0.3 is 6.18 Å². The molecule has 0 unspecified atom stereocenters. The van der Waals surface area contributed by atoms with Crippen LogP contribution in [0.3, 0.4) is 0 Å². The Hall–Kier alpha value is -8.68. The van der Waals surface area contributed by atoms with Crippen molar-refractivity contribution in [3.63, 3.8) is 0 Å². The number of amides is 2. The molecule has 2 aliphatic rings. The quantitative estimate of drug-likeness (QED) is 0.126. The number of halogens is 3. The predicted molar refractivity (Wildman–Crippen MR) is 251 cm³/mol. The molecular weight excluding hydrogens is 950 g/mol. The fraction of sp³-hybridized carbons (Fsp3) is 0.244. The van der Waals surface area contributed by atoms with E-state index in [0.717, 1.165) is 28.3 Å². The highest BCUT2D eigenvalue weighted by Crippen LogP contribution is 2.43. The molecule has 0 spiro atoms. The molecule has 22 nitrogen and oxygen atoms in total. The molecule has 8 heterocycles. The van der Waals surface area contributed by atoms with Gasteiger partial charge in [-0.05, 0) is 72.1 Å². The summed E-state index contributed by atoms with van der Waals surface area (Å²) in [6.07, 6.45) is 0.910. The zero-order chi connectivity index (χ0) is 50.4. The van der Waals surface area contributed by atoms with E-state index in [-0.39, 0.29) is 59.5 Å². The molecule has 364 valence electrons. The van der Waals surface area contributed by atoms with Crippen LogP contribution in [0.4, 0.5) is 36.4 Å². The van der Waals surface area contributed by atoms with Crippen molar-refractivity contribution in [2.75, 3.05) is 32.6 Å². The molecule has 2 aromatic carbocycles. The van der Waals surface area contributed by atoms with Gasteiger partial charge in [0.05, 0.1) is 59.3 Å². The molecule has 0 saturated heterocycles. The van der Waals surface area contributed by atoms with Crippen LogP contribution >= 0.6 is 0 Å². The highest BCUT2D eigenvalue weighted by molar-refractivity contribution is 7.92. The van der Waals surface area contributed by atoms with Gasteiger partial charge < -0.3 is 24.7 Å². The molecule has 4 N–H and O–H groups in total. The zero-order valence-corrected chi connectivity index (χ0v) is 39.3. The molecule has 71 heavy (non-hydrogen) atoms. The second kappa shape index (κ2) is 16.8. The number of nitrogens with one attached hydrogen (secondary N) is 2. The maximum absolute atomic E-state index is 14.2. The lowest BCUT2D eigenvalue weighted by Gasteiger charge is -2.19. The van der Waals surface area contributed by atoms with Crippen molar-refractivity contribution >= 4 is 45.1 Å². The minimum absolute atomic E-state index is 0.0324. The second-order valence-electron chi connectivity index (χ2n) is 17.2. The Kier molecular flexibility index (Phi) is 10.9. The molecule has 26 heteroatoms. The molecule has 10 rings (SSSR count). The molecular formula is C45H41F3N16O6S. The molecule has 2 aliphatic heterocycles. The summed E-state index contributed by atoms with van der Waals surface area (Å²) in [6, 6.07) is 10.9. The summed E-state index contributed by atoms with van der Waals surface area (Å²) in [5.74, 6) is -0.903.